The van der Waals surface area contributed by atoms with E-state index in [-0.39, 0.29) is 28.6 Å². The van der Waals surface area contributed by atoms with Crippen LogP contribution in [0.3, 0.4) is 0 Å². The molecule has 5 rings (SSSR count). The summed E-state index contributed by atoms with van der Waals surface area (Å²) in [6.45, 7) is 5.46. The summed E-state index contributed by atoms with van der Waals surface area (Å²) in [4.78, 5) is 32.7. The van der Waals surface area contributed by atoms with E-state index in [0.29, 0.717) is 22.2 Å². The molecule has 0 radical (unpaired) electrons. The lowest BCUT2D eigenvalue weighted by molar-refractivity contribution is 0.0496. The summed E-state index contributed by atoms with van der Waals surface area (Å²) in [5, 5.41) is 3.32. The van der Waals surface area contributed by atoms with Crippen LogP contribution < -0.4 is 10.1 Å². The molecule has 3 heterocycles. The Bertz CT molecular complexity index is 1680. The molecular weight excluding hydrogens is 524 g/mol. The van der Waals surface area contributed by atoms with Crippen LogP contribution >= 0.6 is 0 Å². The number of hydrogen-bond donors (Lipinski definition) is 1. The largest absolute Gasteiger partial charge is 0.490 e. The van der Waals surface area contributed by atoms with Crippen LogP contribution in [-0.2, 0) is 19.5 Å². The molecule has 1 amide bonds. The number of nitrogens with one attached hydrogen (secondary N) is 1. The number of benzene rings is 2. The number of esters is 1. The van der Waals surface area contributed by atoms with Crippen LogP contribution in [0.2, 0.25) is 0 Å². The minimum absolute atomic E-state index is 0.0184. The van der Waals surface area contributed by atoms with Crippen LogP contribution in [0.15, 0.2) is 65.8 Å². The van der Waals surface area contributed by atoms with Crippen LogP contribution in [0.1, 0.15) is 42.9 Å². The number of carbonyl (C=O) groups excluding carboxylic acids is 2. The molecular formula is C27H26N4O7S. The summed E-state index contributed by atoms with van der Waals surface area (Å²) in [5.41, 5.74) is 0.784. The molecule has 2 aromatic heterocycles. The molecule has 0 spiro atoms. The first-order valence-corrected chi connectivity index (χ1v) is 13.5. The monoisotopic (exact) mass is 550 g/mol. The molecule has 11 nitrogen and oxygen atoms in total. The number of methoxy groups -OCH3 is 1. The van der Waals surface area contributed by atoms with Crippen LogP contribution in [0.25, 0.3) is 22.3 Å². The first kappa shape index (κ1) is 26.2. The Hall–Kier alpha value is -4.45. The third-order valence-electron chi connectivity index (χ3n) is 5.97. The maximum absolute atomic E-state index is 13.9. The molecule has 0 saturated carbocycles. The Morgan fingerprint density at radius 3 is 2.46 bits per heavy atom. The van der Waals surface area contributed by atoms with Crippen molar-refractivity contribution in [3.63, 3.8) is 0 Å². The lowest BCUT2D eigenvalue weighted by atomic mass is 10.1. The van der Waals surface area contributed by atoms with Crippen LogP contribution in [0.4, 0.5) is 4.79 Å². The maximum Gasteiger partial charge on any atom is 0.408 e. The van der Waals surface area contributed by atoms with E-state index in [1.807, 2.05) is 0 Å². The van der Waals surface area contributed by atoms with Gasteiger partial charge in [-0.3, -0.25) is 4.98 Å². The first-order valence-electron chi connectivity index (χ1n) is 12.0. The number of amides is 1. The van der Waals surface area contributed by atoms with E-state index in [4.69, 9.17) is 9.47 Å². The van der Waals surface area contributed by atoms with Gasteiger partial charge < -0.3 is 19.5 Å². The molecule has 2 aromatic carbocycles. The molecule has 0 aliphatic carbocycles. The van der Waals surface area contributed by atoms with Gasteiger partial charge in [0.05, 0.1) is 41.7 Å². The van der Waals surface area contributed by atoms with Gasteiger partial charge in [0.2, 0.25) is 0 Å². The molecule has 4 aromatic rings. The average Bonchev–Trinajstić information content (AvgIpc) is 3.49. The predicted molar refractivity (Wildman–Crippen MR) is 141 cm³/mol. The van der Waals surface area contributed by atoms with Gasteiger partial charge in [-0.15, -0.1) is 0 Å². The molecule has 12 heteroatoms. The number of fused-ring (bicyclic) bond motifs is 3. The highest BCUT2D eigenvalue weighted by Crippen LogP contribution is 2.42. The Morgan fingerprint density at radius 1 is 1.08 bits per heavy atom. The van der Waals surface area contributed by atoms with Crippen molar-refractivity contribution < 1.29 is 32.2 Å². The standard InChI is InChI=1S/C27H26N4O7S/c1-27(2,3)38-26(33)30-21-15-37-24-17(21)10-11-22-18(24)12-23(19-13-29-20(14-28-19)25(32)36-4)31(22)39(34,35)16-8-6-5-7-9-16/h5-14,21H,15H2,1-4H3,(H,30,33). The van der Waals surface area contributed by atoms with Gasteiger partial charge in [-0.2, -0.15) is 0 Å². The number of nitrogens with zero attached hydrogens (tertiary/aromatic N) is 3. The lowest BCUT2D eigenvalue weighted by Crippen LogP contribution is -2.35. The highest BCUT2D eigenvalue weighted by atomic mass is 32.2. The molecule has 0 fully saturated rings. The quantitative estimate of drug-likeness (QED) is 0.364. The van der Waals surface area contributed by atoms with Crippen molar-refractivity contribution in [1.82, 2.24) is 19.3 Å². The third kappa shape index (κ3) is 4.90. The number of hydrogen-bond acceptors (Lipinski definition) is 9. The topological polar surface area (TPSA) is 139 Å². The van der Waals surface area contributed by atoms with Gasteiger partial charge >= 0.3 is 12.1 Å². The Morgan fingerprint density at radius 2 is 1.82 bits per heavy atom. The number of ether oxygens (including phenoxy) is 3. The van der Waals surface area contributed by atoms with E-state index in [9.17, 15) is 18.0 Å². The summed E-state index contributed by atoms with van der Waals surface area (Å²) in [6, 6.07) is 12.5. The zero-order valence-electron chi connectivity index (χ0n) is 21.7. The van der Waals surface area contributed by atoms with Gasteiger partial charge in [0.1, 0.15) is 23.7 Å². The first-order chi connectivity index (χ1) is 18.5. The van der Waals surface area contributed by atoms with Gasteiger partial charge in [-0.1, -0.05) is 24.3 Å². The summed E-state index contributed by atoms with van der Waals surface area (Å²) in [7, 11) is -2.86. The molecule has 1 N–H and O–H groups in total. The van der Waals surface area contributed by atoms with Gasteiger partial charge in [0.15, 0.2) is 5.69 Å². The Balaban J connectivity index is 1.65. The molecule has 1 aliphatic heterocycles. The molecule has 1 atom stereocenters. The summed E-state index contributed by atoms with van der Waals surface area (Å²) in [6.07, 6.45) is 1.95. The summed E-state index contributed by atoms with van der Waals surface area (Å²) >= 11 is 0. The smallest absolute Gasteiger partial charge is 0.408 e. The number of carbonyl (C=O) groups is 2. The highest BCUT2D eigenvalue weighted by molar-refractivity contribution is 7.90. The van der Waals surface area contributed by atoms with E-state index < -0.39 is 33.7 Å². The van der Waals surface area contributed by atoms with Crippen LogP contribution in [0.5, 0.6) is 5.75 Å². The SMILES string of the molecule is COC(=O)c1cnc(-c2cc3c4c(ccc3n2S(=O)(=O)c2ccccc2)C(NC(=O)OC(C)(C)C)CO4)cn1. The normalized spacial score (nSPS) is 14.9. The molecule has 202 valence electrons. The van der Waals surface area contributed by atoms with E-state index in [1.165, 1.54) is 35.6 Å². The van der Waals surface area contributed by atoms with Crippen molar-refractivity contribution in [2.75, 3.05) is 13.7 Å². The fourth-order valence-corrected chi connectivity index (χ4v) is 5.85. The van der Waals surface area contributed by atoms with Crippen molar-refractivity contribution in [2.45, 2.75) is 37.3 Å². The summed E-state index contributed by atoms with van der Waals surface area (Å²) < 4.78 is 45.0. The second kappa shape index (κ2) is 9.70. The number of alkyl carbamates (subject to hydrolysis) is 1. The molecule has 39 heavy (non-hydrogen) atoms. The second-order valence-corrected chi connectivity index (χ2v) is 11.6. The molecule has 1 aliphatic rings. The zero-order chi connectivity index (χ0) is 27.9. The van der Waals surface area contributed by atoms with Gasteiger partial charge in [0.25, 0.3) is 10.0 Å². The zero-order valence-corrected chi connectivity index (χ0v) is 22.5. The van der Waals surface area contributed by atoms with Crippen molar-refractivity contribution in [1.29, 1.82) is 0 Å². The van der Waals surface area contributed by atoms with Crippen molar-refractivity contribution >= 4 is 33.0 Å². The van der Waals surface area contributed by atoms with Crippen LogP contribution in [-0.4, -0.2) is 53.7 Å². The Kier molecular flexibility index (Phi) is 6.51. The number of aromatic nitrogens is 3. The summed E-state index contributed by atoms with van der Waals surface area (Å²) in [5.74, 6) is -0.225. The Labute approximate surface area is 224 Å². The predicted octanol–water partition coefficient (Wildman–Crippen LogP) is 4.08. The fourth-order valence-electron chi connectivity index (χ4n) is 4.31. The van der Waals surface area contributed by atoms with E-state index in [1.54, 1.807) is 57.2 Å². The van der Waals surface area contributed by atoms with Crippen molar-refractivity contribution in [3.8, 4) is 17.1 Å². The van der Waals surface area contributed by atoms with Crippen molar-refractivity contribution in [3.05, 3.63) is 72.2 Å². The number of rotatable bonds is 5. The van der Waals surface area contributed by atoms with Gasteiger partial charge in [-0.25, -0.2) is 27.0 Å². The molecule has 0 bridgehead atoms. The highest BCUT2D eigenvalue weighted by Gasteiger charge is 2.33. The van der Waals surface area contributed by atoms with Crippen molar-refractivity contribution in [2.24, 2.45) is 0 Å². The van der Waals surface area contributed by atoms with E-state index in [2.05, 4.69) is 20.0 Å². The average molecular weight is 551 g/mol. The van der Waals surface area contributed by atoms with E-state index in [0.717, 1.165) is 0 Å². The fraction of sp³-hybridized carbons (Fsp3) is 0.259. The minimum atomic E-state index is -4.09. The maximum atomic E-state index is 13.9. The third-order valence-corrected chi connectivity index (χ3v) is 7.72. The van der Waals surface area contributed by atoms with E-state index >= 15 is 0 Å². The minimum Gasteiger partial charge on any atom is -0.490 e. The molecule has 0 saturated heterocycles. The van der Waals surface area contributed by atoms with Crippen LogP contribution in [0, 0.1) is 0 Å². The van der Waals surface area contributed by atoms with Gasteiger partial charge in [-0.05, 0) is 45.0 Å². The van der Waals surface area contributed by atoms with Gasteiger partial charge in [0, 0.05) is 10.9 Å². The second-order valence-electron chi connectivity index (χ2n) is 9.82. The lowest BCUT2D eigenvalue weighted by Gasteiger charge is -2.21. The molecule has 1 unspecified atom stereocenters.